The molecule has 8 heteroatoms. The molecule has 1 amide bonds. The quantitative estimate of drug-likeness (QED) is 0.785. The van der Waals surface area contributed by atoms with E-state index >= 15 is 0 Å². The van der Waals surface area contributed by atoms with Crippen molar-refractivity contribution in [3.8, 4) is 0 Å². The predicted molar refractivity (Wildman–Crippen MR) is 101 cm³/mol. The number of hydrogen-bond donors (Lipinski definition) is 1. The summed E-state index contributed by atoms with van der Waals surface area (Å²) in [6.45, 7) is 1.78. The van der Waals surface area contributed by atoms with E-state index in [9.17, 15) is 13.2 Å². The van der Waals surface area contributed by atoms with Gasteiger partial charge in [0.05, 0.1) is 17.5 Å². The molecule has 0 aromatic heterocycles. The van der Waals surface area contributed by atoms with Crippen LogP contribution in [0.2, 0.25) is 10.0 Å². The number of amides is 1. The normalized spacial score (nSPS) is 26.3. The fraction of sp³-hybridized carbons (Fsp3) is 0.471. The Kier molecular flexibility index (Phi) is 5.73. The standard InChI is InChI=1S/C17H20Cl2N2O3S/c18-13-4-5-14(19)12(9-13)3-6-17(22)20-15-10-25(23,24)11-16(15)21-7-1-2-8-21/h3-6,9,15-16H,1-2,7-8,10-11H2,(H,20,22)/b6-3+. The van der Waals surface area contributed by atoms with Crippen molar-refractivity contribution in [1.82, 2.24) is 10.2 Å². The van der Waals surface area contributed by atoms with Crippen LogP contribution in [0, 0.1) is 0 Å². The second kappa shape index (κ2) is 7.66. The topological polar surface area (TPSA) is 66.5 Å². The van der Waals surface area contributed by atoms with Crippen LogP contribution in [0.3, 0.4) is 0 Å². The highest BCUT2D eigenvalue weighted by Gasteiger charge is 2.42. The van der Waals surface area contributed by atoms with E-state index < -0.39 is 9.84 Å². The lowest BCUT2D eigenvalue weighted by atomic mass is 10.1. The molecule has 1 aromatic carbocycles. The third kappa shape index (κ3) is 4.76. The van der Waals surface area contributed by atoms with Crippen molar-refractivity contribution in [2.24, 2.45) is 0 Å². The summed E-state index contributed by atoms with van der Waals surface area (Å²) in [4.78, 5) is 14.4. The van der Waals surface area contributed by atoms with Crippen molar-refractivity contribution < 1.29 is 13.2 Å². The summed E-state index contributed by atoms with van der Waals surface area (Å²) in [6, 6.07) is 4.48. The maximum absolute atomic E-state index is 12.3. The zero-order valence-electron chi connectivity index (χ0n) is 13.6. The molecule has 2 atom stereocenters. The van der Waals surface area contributed by atoms with Gasteiger partial charge in [0, 0.05) is 22.2 Å². The van der Waals surface area contributed by atoms with Crippen LogP contribution in [0.25, 0.3) is 6.08 Å². The Hall–Kier alpha value is -1.08. The van der Waals surface area contributed by atoms with E-state index in [1.807, 2.05) is 0 Å². The number of nitrogens with one attached hydrogen (secondary N) is 1. The van der Waals surface area contributed by atoms with E-state index in [4.69, 9.17) is 23.2 Å². The number of likely N-dealkylation sites (tertiary alicyclic amines) is 1. The van der Waals surface area contributed by atoms with Crippen molar-refractivity contribution in [3.05, 3.63) is 39.9 Å². The first-order valence-electron chi connectivity index (χ1n) is 8.22. The van der Waals surface area contributed by atoms with Gasteiger partial charge in [-0.3, -0.25) is 9.69 Å². The Bertz CT molecular complexity index is 789. The number of rotatable bonds is 4. The van der Waals surface area contributed by atoms with E-state index in [0.717, 1.165) is 25.9 Å². The molecule has 0 saturated carbocycles. The van der Waals surface area contributed by atoms with Crippen molar-refractivity contribution in [3.63, 3.8) is 0 Å². The maximum atomic E-state index is 12.3. The number of nitrogens with zero attached hydrogens (tertiary/aromatic N) is 1. The summed E-state index contributed by atoms with van der Waals surface area (Å²) < 4.78 is 24.0. The first-order chi connectivity index (χ1) is 11.8. The lowest BCUT2D eigenvalue weighted by molar-refractivity contribution is -0.117. The molecule has 2 saturated heterocycles. The first kappa shape index (κ1) is 18.7. The molecule has 2 aliphatic rings. The fourth-order valence-corrected chi connectivity index (χ4v) is 5.75. The van der Waals surface area contributed by atoms with E-state index in [1.165, 1.54) is 6.08 Å². The average Bonchev–Trinajstić information content (AvgIpc) is 3.15. The molecule has 2 heterocycles. The van der Waals surface area contributed by atoms with Gasteiger partial charge in [-0.1, -0.05) is 23.2 Å². The average molecular weight is 403 g/mol. The lowest BCUT2D eigenvalue weighted by Crippen LogP contribution is -2.49. The molecule has 25 heavy (non-hydrogen) atoms. The summed E-state index contributed by atoms with van der Waals surface area (Å²) in [7, 11) is -3.13. The van der Waals surface area contributed by atoms with Crippen molar-refractivity contribution in [2.75, 3.05) is 24.6 Å². The summed E-state index contributed by atoms with van der Waals surface area (Å²) >= 11 is 12.0. The maximum Gasteiger partial charge on any atom is 0.244 e. The molecule has 3 rings (SSSR count). The van der Waals surface area contributed by atoms with E-state index in [1.54, 1.807) is 24.3 Å². The number of carbonyl (C=O) groups excluding carboxylic acids is 1. The van der Waals surface area contributed by atoms with Crippen molar-refractivity contribution in [2.45, 2.75) is 24.9 Å². The molecule has 0 aliphatic carbocycles. The van der Waals surface area contributed by atoms with Crippen LogP contribution < -0.4 is 5.32 Å². The highest BCUT2D eigenvalue weighted by Crippen LogP contribution is 2.23. The Balaban J connectivity index is 1.68. The van der Waals surface area contributed by atoms with Crippen LogP contribution in [0.4, 0.5) is 0 Å². The molecule has 0 radical (unpaired) electrons. The zero-order valence-corrected chi connectivity index (χ0v) is 15.9. The van der Waals surface area contributed by atoms with Crippen LogP contribution in [0.5, 0.6) is 0 Å². The van der Waals surface area contributed by atoms with Crippen LogP contribution >= 0.6 is 23.2 Å². The van der Waals surface area contributed by atoms with Gasteiger partial charge in [-0.25, -0.2) is 8.42 Å². The SMILES string of the molecule is O=C(/C=C/c1cc(Cl)ccc1Cl)NC1CS(=O)(=O)CC1N1CCCC1. The molecule has 0 bridgehead atoms. The Morgan fingerprint density at radius 3 is 2.64 bits per heavy atom. The number of hydrogen-bond acceptors (Lipinski definition) is 4. The first-order valence-corrected chi connectivity index (χ1v) is 10.8. The Labute approximate surface area is 157 Å². The molecule has 2 aliphatic heterocycles. The fourth-order valence-electron chi connectivity index (χ4n) is 3.44. The van der Waals surface area contributed by atoms with Gasteiger partial charge in [-0.05, 0) is 55.8 Å². The van der Waals surface area contributed by atoms with Gasteiger partial charge in [0.15, 0.2) is 9.84 Å². The number of benzene rings is 1. The Morgan fingerprint density at radius 1 is 1.20 bits per heavy atom. The van der Waals surface area contributed by atoms with Gasteiger partial charge < -0.3 is 5.32 Å². The van der Waals surface area contributed by atoms with Gasteiger partial charge in [0.1, 0.15) is 0 Å². The van der Waals surface area contributed by atoms with Crippen LogP contribution in [0.1, 0.15) is 18.4 Å². The molecule has 5 nitrogen and oxygen atoms in total. The summed E-state index contributed by atoms with van der Waals surface area (Å²) in [6.07, 6.45) is 5.09. The van der Waals surface area contributed by atoms with Gasteiger partial charge >= 0.3 is 0 Å². The van der Waals surface area contributed by atoms with Gasteiger partial charge in [-0.15, -0.1) is 0 Å². The third-order valence-electron chi connectivity index (χ3n) is 4.63. The molecule has 136 valence electrons. The van der Waals surface area contributed by atoms with E-state index in [2.05, 4.69) is 10.2 Å². The Morgan fingerprint density at radius 2 is 1.92 bits per heavy atom. The van der Waals surface area contributed by atoms with Crippen LogP contribution in [-0.4, -0.2) is 55.9 Å². The molecule has 1 aromatic rings. The second-order valence-electron chi connectivity index (χ2n) is 6.50. The highest BCUT2D eigenvalue weighted by molar-refractivity contribution is 7.91. The lowest BCUT2D eigenvalue weighted by Gasteiger charge is -2.28. The minimum Gasteiger partial charge on any atom is -0.347 e. The summed E-state index contributed by atoms with van der Waals surface area (Å²) in [5.41, 5.74) is 0.638. The number of carbonyl (C=O) groups is 1. The predicted octanol–water partition coefficient (Wildman–Crippen LogP) is 2.38. The van der Waals surface area contributed by atoms with E-state index in [0.29, 0.717) is 15.6 Å². The molecular formula is C17H20Cl2N2O3S. The van der Waals surface area contributed by atoms with Gasteiger partial charge in [0.2, 0.25) is 5.91 Å². The minimum atomic E-state index is -3.13. The van der Waals surface area contributed by atoms with Crippen LogP contribution in [-0.2, 0) is 14.6 Å². The summed E-state index contributed by atoms with van der Waals surface area (Å²) in [5, 5.41) is 3.86. The second-order valence-corrected chi connectivity index (χ2v) is 9.50. The van der Waals surface area contributed by atoms with Crippen molar-refractivity contribution >= 4 is 45.0 Å². The number of sulfone groups is 1. The van der Waals surface area contributed by atoms with Gasteiger partial charge in [0.25, 0.3) is 0 Å². The monoisotopic (exact) mass is 402 g/mol. The van der Waals surface area contributed by atoms with Gasteiger partial charge in [-0.2, -0.15) is 0 Å². The molecule has 2 unspecified atom stereocenters. The molecule has 2 fully saturated rings. The molecular weight excluding hydrogens is 383 g/mol. The highest BCUT2D eigenvalue weighted by atomic mass is 35.5. The minimum absolute atomic E-state index is 0.00827. The third-order valence-corrected chi connectivity index (χ3v) is 6.93. The molecule has 1 N–H and O–H groups in total. The molecule has 0 spiro atoms. The largest absolute Gasteiger partial charge is 0.347 e. The smallest absolute Gasteiger partial charge is 0.244 e. The zero-order chi connectivity index (χ0) is 18.0. The van der Waals surface area contributed by atoms with E-state index in [-0.39, 0.29) is 29.5 Å². The number of halogens is 2. The van der Waals surface area contributed by atoms with Crippen molar-refractivity contribution in [1.29, 1.82) is 0 Å². The van der Waals surface area contributed by atoms with Crippen LogP contribution in [0.15, 0.2) is 24.3 Å². The summed E-state index contributed by atoms with van der Waals surface area (Å²) in [5.74, 6) is -0.227.